The molecule has 0 radical (unpaired) electrons. The molecule has 126 valence electrons. The first-order valence-electron chi connectivity index (χ1n) is 8.73. The predicted molar refractivity (Wildman–Crippen MR) is 105 cm³/mol. The van der Waals surface area contributed by atoms with Gasteiger partial charge in [-0.25, -0.2) is 0 Å². The quantitative estimate of drug-likeness (QED) is 0.641. The number of aryl methyl sites for hydroxylation is 2. The molecule has 1 aromatic heterocycles. The molecule has 1 aliphatic rings. The highest BCUT2D eigenvalue weighted by atomic mass is 32.1. The van der Waals surface area contributed by atoms with Crippen LogP contribution in [0.2, 0.25) is 0 Å². The molecule has 1 amide bonds. The van der Waals surface area contributed by atoms with Gasteiger partial charge in [0.05, 0.1) is 5.69 Å². The third-order valence-corrected chi connectivity index (χ3v) is 6.04. The standard InChI is InChI=1S/C22H21NOS/c1-3-15-6-10-16(11-7-15)18-12-20(24)23-21-19(13-25-22(18)21)17-8-4-14(2)5-9-17/h4-11,13,18H,3,12H2,1-2H3,(H,23,24). The van der Waals surface area contributed by atoms with Crippen molar-refractivity contribution >= 4 is 22.9 Å². The first-order valence-corrected chi connectivity index (χ1v) is 9.60. The van der Waals surface area contributed by atoms with E-state index in [1.807, 2.05) is 0 Å². The molecule has 0 saturated heterocycles. The fourth-order valence-electron chi connectivity index (χ4n) is 3.43. The summed E-state index contributed by atoms with van der Waals surface area (Å²) in [4.78, 5) is 13.6. The second-order valence-electron chi connectivity index (χ2n) is 6.65. The van der Waals surface area contributed by atoms with Gasteiger partial charge in [0.2, 0.25) is 5.91 Å². The molecule has 4 rings (SSSR count). The average Bonchev–Trinajstić information content (AvgIpc) is 3.05. The molecule has 1 unspecified atom stereocenters. The Labute approximate surface area is 152 Å². The van der Waals surface area contributed by atoms with Gasteiger partial charge in [0.25, 0.3) is 0 Å². The van der Waals surface area contributed by atoms with Crippen LogP contribution in [0.1, 0.15) is 40.8 Å². The van der Waals surface area contributed by atoms with Crippen molar-refractivity contribution in [2.75, 3.05) is 5.32 Å². The van der Waals surface area contributed by atoms with Crippen molar-refractivity contribution < 1.29 is 4.79 Å². The van der Waals surface area contributed by atoms with Crippen molar-refractivity contribution in [2.24, 2.45) is 0 Å². The Morgan fingerprint density at radius 1 is 1.08 bits per heavy atom. The molecule has 0 aliphatic carbocycles. The smallest absolute Gasteiger partial charge is 0.225 e. The summed E-state index contributed by atoms with van der Waals surface area (Å²) in [6, 6.07) is 17.2. The Balaban J connectivity index is 1.76. The number of thiophene rings is 1. The maximum atomic E-state index is 12.4. The minimum atomic E-state index is 0.101. The van der Waals surface area contributed by atoms with E-state index < -0.39 is 0 Å². The van der Waals surface area contributed by atoms with Crippen LogP contribution in [0, 0.1) is 6.92 Å². The summed E-state index contributed by atoms with van der Waals surface area (Å²) in [5.74, 6) is 0.252. The Bertz CT molecular complexity index is 906. The monoisotopic (exact) mass is 347 g/mol. The molecular weight excluding hydrogens is 326 g/mol. The van der Waals surface area contributed by atoms with Crippen LogP contribution in [-0.4, -0.2) is 5.91 Å². The number of carbonyl (C=O) groups excluding carboxylic acids is 1. The number of anilines is 1. The van der Waals surface area contributed by atoms with Crippen LogP contribution in [0.15, 0.2) is 53.9 Å². The molecule has 2 nitrogen and oxygen atoms in total. The number of fused-ring (bicyclic) bond motifs is 1. The molecule has 1 N–H and O–H groups in total. The van der Waals surface area contributed by atoms with Gasteiger partial charge in [0.1, 0.15) is 0 Å². The molecule has 0 fully saturated rings. The Hall–Kier alpha value is -2.39. The first kappa shape index (κ1) is 16.1. The normalized spacial score (nSPS) is 16.4. The van der Waals surface area contributed by atoms with Crippen LogP contribution in [-0.2, 0) is 11.2 Å². The lowest BCUT2D eigenvalue weighted by atomic mass is 9.88. The topological polar surface area (TPSA) is 29.1 Å². The van der Waals surface area contributed by atoms with E-state index in [1.165, 1.54) is 21.6 Å². The number of hydrogen-bond donors (Lipinski definition) is 1. The second kappa shape index (κ2) is 6.49. The van der Waals surface area contributed by atoms with Crippen LogP contribution >= 0.6 is 11.3 Å². The van der Waals surface area contributed by atoms with Gasteiger partial charge in [0, 0.05) is 28.2 Å². The van der Waals surface area contributed by atoms with Crippen molar-refractivity contribution in [1.82, 2.24) is 0 Å². The lowest BCUT2D eigenvalue weighted by Gasteiger charge is -2.24. The molecule has 25 heavy (non-hydrogen) atoms. The van der Waals surface area contributed by atoms with Crippen molar-refractivity contribution in [2.45, 2.75) is 32.6 Å². The summed E-state index contributed by atoms with van der Waals surface area (Å²) in [7, 11) is 0. The summed E-state index contributed by atoms with van der Waals surface area (Å²) in [6.45, 7) is 4.25. The summed E-state index contributed by atoms with van der Waals surface area (Å²) < 4.78 is 0. The van der Waals surface area contributed by atoms with Crippen molar-refractivity contribution in [3.63, 3.8) is 0 Å². The third-order valence-electron chi connectivity index (χ3n) is 4.94. The lowest BCUT2D eigenvalue weighted by Crippen LogP contribution is -2.22. The van der Waals surface area contributed by atoms with Gasteiger partial charge < -0.3 is 5.32 Å². The summed E-state index contributed by atoms with van der Waals surface area (Å²) >= 11 is 1.75. The molecule has 1 aliphatic heterocycles. The van der Waals surface area contributed by atoms with Gasteiger partial charge in [-0.05, 0) is 30.0 Å². The summed E-state index contributed by atoms with van der Waals surface area (Å²) in [6.07, 6.45) is 1.56. The van der Waals surface area contributed by atoms with E-state index in [9.17, 15) is 4.79 Å². The number of amides is 1. The third kappa shape index (κ3) is 3.00. The van der Waals surface area contributed by atoms with E-state index >= 15 is 0 Å². The van der Waals surface area contributed by atoms with Crippen LogP contribution < -0.4 is 5.32 Å². The highest BCUT2D eigenvalue weighted by Crippen LogP contribution is 2.46. The van der Waals surface area contributed by atoms with Crippen LogP contribution in [0.5, 0.6) is 0 Å². The number of benzene rings is 2. The van der Waals surface area contributed by atoms with E-state index in [2.05, 4.69) is 73.1 Å². The van der Waals surface area contributed by atoms with Crippen LogP contribution in [0.25, 0.3) is 11.1 Å². The maximum Gasteiger partial charge on any atom is 0.225 e. The Morgan fingerprint density at radius 2 is 1.80 bits per heavy atom. The lowest BCUT2D eigenvalue weighted by molar-refractivity contribution is -0.116. The van der Waals surface area contributed by atoms with E-state index in [4.69, 9.17) is 0 Å². The Morgan fingerprint density at radius 3 is 2.48 bits per heavy atom. The summed E-state index contributed by atoms with van der Waals surface area (Å²) in [5, 5.41) is 5.29. The molecule has 3 heteroatoms. The Kier molecular flexibility index (Phi) is 4.18. The van der Waals surface area contributed by atoms with Crippen LogP contribution in [0.4, 0.5) is 5.69 Å². The average molecular weight is 347 g/mol. The second-order valence-corrected chi connectivity index (χ2v) is 7.57. The SMILES string of the molecule is CCc1ccc(C2CC(=O)Nc3c(-c4ccc(C)cc4)csc32)cc1. The van der Waals surface area contributed by atoms with Gasteiger partial charge in [-0.2, -0.15) is 0 Å². The fraction of sp³-hybridized carbons (Fsp3) is 0.227. The minimum Gasteiger partial charge on any atom is -0.325 e. The molecule has 0 spiro atoms. The number of carbonyl (C=O) groups is 1. The number of nitrogens with one attached hydrogen (secondary N) is 1. The number of rotatable bonds is 3. The van der Waals surface area contributed by atoms with Crippen molar-refractivity contribution in [1.29, 1.82) is 0 Å². The minimum absolute atomic E-state index is 0.101. The highest BCUT2D eigenvalue weighted by molar-refractivity contribution is 7.11. The molecule has 2 heterocycles. The zero-order chi connectivity index (χ0) is 17.4. The first-order chi connectivity index (χ1) is 12.2. The van der Waals surface area contributed by atoms with E-state index in [-0.39, 0.29) is 11.8 Å². The fourth-order valence-corrected chi connectivity index (χ4v) is 4.59. The zero-order valence-corrected chi connectivity index (χ0v) is 15.3. The van der Waals surface area contributed by atoms with Gasteiger partial charge >= 0.3 is 0 Å². The molecule has 3 aromatic rings. The molecule has 0 saturated carbocycles. The summed E-state index contributed by atoms with van der Waals surface area (Å²) in [5.41, 5.74) is 7.08. The highest BCUT2D eigenvalue weighted by Gasteiger charge is 2.30. The van der Waals surface area contributed by atoms with E-state index in [1.54, 1.807) is 11.3 Å². The molecule has 0 bridgehead atoms. The van der Waals surface area contributed by atoms with E-state index in [0.717, 1.165) is 23.2 Å². The van der Waals surface area contributed by atoms with Gasteiger partial charge in [-0.3, -0.25) is 4.79 Å². The maximum absolute atomic E-state index is 12.4. The van der Waals surface area contributed by atoms with Gasteiger partial charge in [0.15, 0.2) is 0 Å². The molecule has 2 aromatic carbocycles. The van der Waals surface area contributed by atoms with Crippen molar-refractivity contribution in [3.05, 3.63) is 75.5 Å². The predicted octanol–water partition coefficient (Wildman–Crippen LogP) is 5.76. The molecular formula is C22H21NOS. The van der Waals surface area contributed by atoms with Crippen LogP contribution in [0.3, 0.4) is 0 Å². The van der Waals surface area contributed by atoms with Gasteiger partial charge in [-0.15, -0.1) is 11.3 Å². The zero-order valence-electron chi connectivity index (χ0n) is 14.5. The van der Waals surface area contributed by atoms with Crippen molar-refractivity contribution in [3.8, 4) is 11.1 Å². The molecule has 1 atom stereocenters. The number of hydrogen-bond acceptors (Lipinski definition) is 2. The largest absolute Gasteiger partial charge is 0.325 e. The van der Waals surface area contributed by atoms with Gasteiger partial charge in [-0.1, -0.05) is 61.0 Å². The van der Waals surface area contributed by atoms with E-state index in [0.29, 0.717) is 6.42 Å².